The Kier molecular flexibility index (Phi) is 4.28. The maximum Gasteiger partial charge on any atom is 0.279 e. The summed E-state index contributed by atoms with van der Waals surface area (Å²) in [5.41, 5.74) is 5.72. The molecule has 96 valence electrons. The van der Waals surface area contributed by atoms with E-state index in [0.29, 0.717) is 18.2 Å². The summed E-state index contributed by atoms with van der Waals surface area (Å²) in [4.78, 5) is 23.0. The number of carbonyl (C=O) groups is 2. The summed E-state index contributed by atoms with van der Waals surface area (Å²) in [6.45, 7) is 0.622. The number of amides is 2. The molecule has 2 amide bonds. The predicted octanol–water partition coefficient (Wildman–Crippen LogP) is 0.445. The lowest BCUT2D eigenvalue weighted by Crippen LogP contribution is -2.51. The van der Waals surface area contributed by atoms with Gasteiger partial charge in [0.1, 0.15) is 6.04 Å². The summed E-state index contributed by atoms with van der Waals surface area (Å²) in [5.74, 6) is 0.858. The normalized spacial score (nSPS) is 33.2. The molecule has 1 saturated carbocycles. The molecule has 0 aromatic rings. The second-order valence-electron chi connectivity index (χ2n) is 4.69. The summed E-state index contributed by atoms with van der Waals surface area (Å²) < 4.78 is 0. The first-order valence-corrected chi connectivity index (χ1v) is 7.13. The van der Waals surface area contributed by atoms with Crippen molar-refractivity contribution < 1.29 is 9.59 Å². The van der Waals surface area contributed by atoms with Crippen molar-refractivity contribution in [3.63, 3.8) is 0 Å². The van der Waals surface area contributed by atoms with Crippen LogP contribution in [0.25, 0.3) is 0 Å². The lowest BCUT2D eigenvalue weighted by molar-refractivity contribution is -0.123. The number of hydrogen-bond acceptors (Lipinski definition) is 4. The molecule has 1 aliphatic heterocycles. The third kappa shape index (κ3) is 3.13. The van der Waals surface area contributed by atoms with Crippen LogP contribution < -0.4 is 16.4 Å². The monoisotopic (exact) mass is 257 g/mol. The molecule has 0 aromatic carbocycles. The molecule has 6 heteroatoms. The number of nitrogens with two attached hydrogens (primary N) is 1. The van der Waals surface area contributed by atoms with Crippen molar-refractivity contribution in [2.24, 2.45) is 11.7 Å². The Balaban J connectivity index is 1.86. The molecule has 1 heterocycles. The molecule has 0 spiro atoms. The number of rotatable bonds is 3. The summed E-state index contributed by atoms with van der Waals surface area (Å²) in [6.07, 6.45) is 4.44. The smallest absolute Gasteiger partial charge is 0.279 e. The van der Waals surface area contributed by atoms with Gasteiger partial charge in [0.25, 0.3) is 5.24 Å². The Morgan fingerprint density at radius 2 is 2.24 bits per heavy atom. The van der Waals surface area contributed by atoms with Gasteiger partial charge in [0.2, 0.25) is 5.91 Å². The summed E-state index contributed by atoms with van der Waals surface area (Å²) >= 11 is 1.17. The Hall–Kier alpha value is -0.750. The van der Waals surface area contributed by atoms with Crippen LogP contribution in [0, 0.1) is 5.92 Å². The molecular formula is C11H19N3O2S. The predicted molar refractivity (Wildman–Crippen MR) is 67.7 cm³/mol. The minimum absolute atomic E-state index is 0.0614. The fraction of sp³-hybridized carbons (Fsp3) is 0.818. The van der Waals surface area contributed by atoms with Gasteiger partial charge in [-0.05, 0) is 25.3 Å². The highest BCUT2D eigenvalue weighted by Crippen LogP contribution is 2.24. The fourth-order valence-corrected chi connectivity index (χ4v) is 3.27. The molecule has 0 radical (unpaired) electrons. The van der Waals surface area contributed by atoms with Crippen molar-refractivity contribution in [1.29, 1.82) is 0 Å². The van der Waals surface area contributed by atoms with Gasteiger partial charge >= 0.3 is 0 Å². The average molecular weight is 257 g/mol. The van der Waals surface area contributed by atoms with E-state index in [1.807, 2.05) is 0 Å². The summed E-state index contributed by atoms with van der Waals surface area (Å²) in [6, 6.07) is -0.184. The van der Waals surface area contributed by atoms with E-state index in [2.05, 4.69) is 10.6 Å². The molecule has 4 N–H and O–H groups in total. The highest BCUT2D eigenvalue weighted by atomic mass is 32.2. The van der Waals surface area contributed by atoms with Crippen LogP contribution >= 0.6 is 11.8 Å². The third-order valence-electron chi connectivity index (χ3n) is 3.53. The van der Waals surface area contributed by atoms with Gasteiger partial charge in [0.15, 0.2) is 0 Å². The third-order valence-corrected chi connectivity index (χ3v) is 4.41. The molecule has 1 aliphatic carbocycles. The molecule has 2 aliphatic rings. The molecule has 2 unspecified atom stereocenters. The molecule has 5 nitrogen and oxygen atoms in total. The first-order valence-electron chi connectivity index (χ1n) is 6.14. The van der Waals surface area contributed by atoms with Gasteiger partial charge in [-0.15, -0.1) is 0 Å². The minimum Gasteiger partial charge on any atom is -0.351 e. The van der Waals surface area contributed by atoms with Gasteiger partial charge in [-0.1, -0.05) is 24.6 Å². The molecule has 0 bridgehead atoms. The number of hydrogen-bond donors (Lipinski definition) is 3. The molecule has 1 saturated heterocycles. The highest BCUT2D eigenvalue weighted by Gasteiger charge is 2.31. The van der Waals surface area contributed by atoms with Crippen LogP contribution in [0.5, 0.6) is 0 Å². The second kappa shape index (κ2) is 5.73. The lowest BCUT2D eigenvalue weighted by Gasteiger charge is -2.31. The Bertz CT molecular complexity index is 311. The Labute approximate surface area is 105 Å². The standard InChI is InChI=1S/C11H19N3O2S/c12-5-7-3-1-2-4-8(7)13-10(15)9-6-17-11(16)14-9/h7-9H,1-6,12H2,(H,13,15)(H,14,16)/t7?,8?,9-/m0/s1. The number of carbonyl (C=O) groups excluding carboxylic acids is 2. The molecule has 17 heavy (non-hydrogen) atoms. The van der Waals surface area contributed by atoms with Crippen LogP contribution in [0.1, 0.15) is 25.7 Å². The van der Waals surface area contributed by atoms with E-state index in [4.69, 9.17) is 5.73 Å². The minimum atomic E-state index is -0.368. The molecule has 2 rings (SSSR count). The van der Waals surface area contributed by atoms with Crippen LogP contribution in [0.15, 0.2) is 0 Å². The molecule has 3 atom stereocenters. The van der Waals surface area contributed by atoms with Gasteiger partial charge in [0.05, 0.1) is 0 Å². The van der Waals surface area contributed by atoms with E-state index >= 15 is 0 Å². The molecule has 2 fully saturated rings. The van der Waals surface area contributed by atoms with Crippen LogP contribution in [0.4, 0.5) is 4.79 Å². The van der Waals surface area contributed by atoms with Gasteiger partial charge in [-0.3, -0.25) is 9.59 Å². The van der Waals surface area contributed by atoms with Crippen LogP contribution in [-0.2, 0) is 4.79 Å². The largest absolute Gasteiger partial charge is 0.351 e. The van der Waals surface area contributed by atoms with Crippen molar-refractivity contribution in [2.75, 3.05) is 12.3 Å². The summed E-state index contributed by atoms with van der Waals surface area (Å²) in [7, 11) is 0. The van der Waals surface area contributed by atoms with E-state index < -0.39 is 0 Å². The maximum atomic E-state index is 11.9. The quantitative estimate of drug-likeness (QED) is 0.685. The van der Waals surface area contributed by atoms with Gasteiger partial charge in [-0.25, -0.2) is 0 Å². The van der Waals surface area contributed by atoms with Gasteiger partial charge < -0.3 is 16.4 Å². The van der Waals surface area contributed by atoms with E-state index in [1.54, 1.807) is 0 Å². The zero-order valence-electron chi connectivity index (χ0n) is 9.78. The van der Waals surface area contributed by atoms with Crippen molar-refractivity contribution in [1.82, 2.24) is 10.6 Å². The number of thioether (sulfide) groups is 1. The van der Waals surface area contributed by atoms with E-state index in [9.17, 15) is 9.59 Å². The second-order valence-corrected chi connectivity index (χ2v) is 5.68. The lowest BCUT2D eigenvalue weighted by atomic mass is 9.84. The van der Waals surface area contributed by atoms with Crippen molar-refractivity contribution in [2.45, 2.75) is 37.8 Å². The van der Waals surface area contributed by atoms with Crippen LogP contribution in [0.3, 0.4) is 0 Å². The first kappa shape index (κ1) is 12.7. The molecule has 0 aromatic heterocycles. The van der Waals surface area contributed by atoms with Crippen molar-refractivity contribution in [3.8, 4) is 0 Å². The van der Waals surface area contributed by atoms with Crippen molar-refractivity contribution >= 4 is 22.9 Å². The zero-order valence-corrected chi connectivity index (χ0v) is 10.6. The SMILES string of the molecule is NCC1CCCCC1NC(=O)[C@@H]1CSC(=O)N1. The zero-order chi connectivity index (χ0) is 12.3. The van der Waals surface area contributed by atoms with E-state index in [-0.39, 0.29) is 23.2 Å². The van der Waals surface area contributed by atoms with Gasteiger partial charge in [-0.2, -0.15) is 0 Å². The average Bonchev–Trinajstić information content (AvgIpc) is 2.77. The fourth-order valence-electron chi connectivity index (χ4n) is 2.49. The van der Waals surface area contributed by atoms with Crippen LogP contribution in [0.2, 0.25) is 0 Å². The Morgan fingerprint density at radius 1 is 1.47 bits per heavy atom. The first-order chi connectivity index (χ1) is 8.20. The van der Waals surface area contributed by atoms with E-state index in [0.717, 1.165) is 19.3 Å². The van der Waals surface area contributed by atoms with E-state index in [1.165, 1.54) is 18.2 Å². The highest BCUT2D eigenvalue weighted by molar-refractivity contribution is 8.14. The Morgan fingerprint density at radius 3 is 2.88 bits per heavy atom. The van der Waals surface area contributed by atoms with Crippen LogP contribution in [-0.4, -0.2) is 35.5 Å². The van der Waals surface area contributed by atoms with Gasteiger partial charge in [0, 0.05) is 11.8 Å². The summed E-state index contributed by atoms with van der Waals surface area (Å²) in [5, 5.41) is 5.58. The molecular weight excluding hydrogens is 238 g/mol. The maximum absolute atomic E-state index is 11.9. The topological polar surface area (TPSA) is 84.2 Å². The van der Waals surface area contributed by atoms with Crippen molar-refractivity contribution in [3.05, 3.63) is 0 Å². The number of nitrogens with one attached hydrogen (secondary N) is 2.